The molecule has 2 rings (SSSR count). The van der Waals surface area contributed by atoms with Gasteiger partial charge in [-0.25, -0.2) is 0 Å². The maximum Gasteiger partial charge on any atom is 0.304 e. The molecular formula is C10H9NO3S. The molecule has 1 aromatic rings. The van der Waals surface area contributed by atoms with Crippen LogP contribution in [0.2, 0.25) is 0 Å². The number of anilines is 1. The summed E-state index contributed by atoms with van der Waals surface area (Å²) in [6, 6.07) is 7.39. The van der Waals surface area contributed by atoms with E-state index < -0.39 is 11.4 Å². The van der Waals surface area contributed by atoms with Gasteiger partial charge in [-0.05, 0) is 12.1 Å². The van der Waals surface area contributed by atoms with Crippen molar-refractivity contribution in [3.05, 3.63) is 24.3 Å². The fraction of sp³-hybridized carbons (Fsp3) is 0.200. The van der Waals surface area contributed by atoms with Crippen molar-refractivity contribution in [1.29, 1.82) is 0 Å². The van der Waals surface area contributed by atoms with Crippen molar-refractivity contribution in [3.8, 4) is 0 Å². The van der Waals surface area contributed by atoms with Crippen molar-refractivity contribution >= 4 is 29.3 Å². The second kappa shape index (κ2) is 3.94. The summed E-state index contributed by atoms with van der Waals surface area (Å²) in [6.45, 7) is 1.29. The number of thioether (sulfide) groups is 1. The van der Waals surface area contributed by atoms with Gasteiger partial charge in [0.15, 0.2) is 0 Å². The molecule has 5 heteroatoms. The third-order valence-electron chi connectivity index (χ3n) is 1.87. The van der Waals surface area contributed by atoms with E-state index in [9.17, 15) is 9.59 Å². The molecule has 0 spiro atoms. The quantitative estimate of drug-likeness (QED) is 0.735. The van der Waals surface area contributed by atoms with E-state index in [0.717, 1.165) is 10.6 Å². The van der Waals surface area contributed by atoms with Gasteiger partial charge in [-0.3, -0.25) is 9.59 Å². The summed E-state index contributed by atoms with van der Waals surface area (Å²) in [6.07, 6.45) is 0. The van der Waals surface area contributed by atoms with Gasteiger partial charge in [-0.2, -0.15) is 0 Å². The van der Waals surface area contributed by atoms with E-state index in [1.165, 1.54) is 18.7 Å². The SMILES string of the molecule is CC(=O)O[C@@H]1Sc2ccccc2NC1=O. The summed E-state index contributed by atoms with van der Waals surface area (Å²) in [7, 11) is 0. The van der Waals surface area contributed by atoms with Gasteiger partial charge in [0, 0.05) is 11.8 Å². The first kappa shape index (κ1) is 10.0. The molecule has 0 aliphatic carbocycles. The predicted octanol–water partition coefficient (Wildman–Crippen LogP) is 1.62. The van der Waals surface area contributed by atoms with Crippen LogP contribution in [0, 0.1) is 0 Å². The highest BCUT2D eigenvalue weighted by Crippen LogP contribution is 2.35. The normalized spacial score (nSPS) is 19.0. The van der Waals surface area contributed by atoms with E-state index in [1.807, 2.05) is 24.3 Å². The lowest BCUT2D eigenvalue weighted by Gasteiger charge is -2.23. The Morgan fingerprint density at radius 3 is 2.93 bits per heavy atom. The van der Waals surface area contributed by atoms with Gasteiger partial charge in [0.2, 0.25) is 5.44 Å². The molecule has 1 atom stereocenters. The van der Waals surface area contributed by atoms with Crippen molar-refractivity contribution < 1.29 is 14.3 Å². The summed E-state index contributed by atoms with van der Waals surface area (Å²) >= 11 is 1.24. The largest absolute Gasteiger partial charge is 0.441 e. The Balaban J connectivity index is 2.22. The Hall–Kier alpha value is -1.49. The molecule has 0 unspecified atom stereocenters. The number of esters is 1. The van der Waals surface area contributed by atoms with E-state index in [1.54, 1.807) is 0 Å². The molecule has 1 aliphatic heterocycles. The summed E-state index contributed by atoms with van der Waals surface area (Å²) in [5.74, 6) is -0.754. The minimum Gasteiger partial charge on any atom is -0.441 e. The second-order valence-corrected chi connectivity index (χ2v) is 4.15. The monoisotopic (exact) mass is 223 g/mol. The van der Waals surface area contributed by atoms with Gasteiger partial charge in [0.1, 0.15) is 0 Å². The molecule has 4 nitrogen and oxygen atoms in total. The zero-order valence-corrected chi connectivity index (χ0v) is 8.84. The summed E-state index contributed by atoms with van der Waals surface area (Å²) < 4.78 is 4.87. The lowest BCUT2D eigenvalue weighted by molar-refractivity contribution is -0.147. The second-order valence-electron chi connectivity index (χ2n) is 3.04. The lowest BCUT2D eigenvalue weighted by Crippen LogP contribution is -2.32. The minimum atomic E-state index is -0.780. The smallest absolute Gasteiger partial charge is 0.304 e. The van der Waals surface area contributed by atoms with E-state index in [-0.39, 0.29) is 5.91 Å². The molecule has 1 aromatic carbocycles. The van der Waals surface area contributed by atoms with Crippen LogP contribution in [0.1, 0.15) is 6.92 Å². The third-order valence-corrected chi connectivity index (χ3v) is 3.00. The molecule has 0 bridgehead atoms. The number of hydrogen-bond acceptors (Lipinski definition) is 4. The molecule has 1 heterocycles. The summed E-state index contributed by atoms with van der Waals surface area (Å²) in [5, 5.41) is 2.68. The standard InChI is InChI=1S/C10H9NO3S/c1-6(12)14-10-9(13)11-7-4-2-3-5-8(7)15-10/h2-5,10H,1H3,(H,11,13)/t10-/m1/s1. The molecule has 0 saturated heterocycles. The Morgan fingerprint density at radius 1 is 1.47 bits per heavy atom. The van der Waals surface area contributed by atoms with Gasteiger partial charge < -0.3 is 10.1 Å². The van der Waals surface area contributed by atoms with Crippen LogP contribution >= 0.6 is 11.8 Å². The first-order chi connectivity index (χ1) is 7.16. The number of carbonyl (C=O) groups excluding carboxylic acids is 2. The zero-order chi connectivity index (χ0) is 10.8. The summed E-state index contributed by atoms with van der Waals surface area (Å²) in [4.78, 5) is 23.1. The topological polar surface area (TPSA) is 55.4 Å². The van der Waals surface area contributed by atoms with Gasteiger partial charge in [-0.15, -0.1) is 0 Å². The maximum atomic E-state index is 11.5. The molecule has 15 heavy (non-hydrogen) atoms. The van der Waals surface area contributed by atoms with Crippen molar-refractivity contribution in [1.82, 2.24) is 0 Å². The van der Waals surface area contributed by atoms with Crippen LogP contribution in [0.25, 0.3) is 0 Å². The van der Waals surface area contributed by atoms with Crippen molar-refractivity contribution in [2.75, 3.05) is 5.32 Å². The third kappa shape index (κ3) is 2.12. The van der Waals surface area contributed by atoms with Gasteiger partial charge >= 0.3 is 5.97 Å². The van der Waals surface area contributed by atoms with Crippen LogP contribution in [0.5, 0.6) is 0 Å². The predicted molar refractivity (Wildman–Crippen MR) is 56.5 cm³/mol. The Morgan fingerprint density at radius 2 is 2.20 bits per heavy atom. The van der Waals surface area contributed by atoms with Crippen LogP contribution in [-0.2, 0) is 14.3 Å². The van der Waals surface area contributed by atoms with Crippen LogP contribution in [-0.4, -0.2) is 17.3 Å². The van der Waals surface area contributed by atoms with Crippen molar-refractivity contribution in [2.45, 2.75) is 17.3 Å². The van der Waals surface area contributed by atoms with E-state index >= 15 is 0 Å². The maximum absolute atomic E-state index is 11.5. The number of rotatable bonds is 1. The van der Waals surface area contributed by atoms with Crippen LogP contribution in [0.4, 0.5) is 5.69 Å². The number of fused-ring (bicyclic) bond motifs is 1. The molecular weight excluding hydrogens is 214 g/mol. The molecule has 78 valence electrons. The number of ether oxygens (including phenoxy) is 1. The number of nitrogens with one attached hydrogen (secondary N) is 1. The van der Waals surface area contributed by atoms with Crippen molar-refractivity contribution in [3.63, 3.8) is 0 Å². The molecule has 1 N–H and O–H groups in total. The molecule has 0 saturated carbocycles. The average Bonchev–Trinajstić information content (AvgIpc) is 2.18. The van der Waals surface area contributed by atoms with E-state index in [0.29, 0.717) is 0 Å². The highest BCUT2D eigenvalue weighted by Gasteiger charge is 2.28. The first-order valence-corrected chi connectivity index (χ1v) is 5.28. The van der Waals surface area contributed by atoms with Crippen LogP contribution < -0.4 is 5.32 Å². The Bertz CT molecular complexity index is 419. The van der Waals surface area contributed by atoms with E-state index in [2.05, 4.69) is 5.32 Å². The Kier molecular flexibility index (Phi) is 2.64. The highest BCUT2D eigenvalue weighted by atomic mass is 32.2. The molecule has 1 aliphatic rings. The zero-order valence-electron chi connectivity index (χ0n) is 8.02. The van der Waals surface area contributed by atoms with E-state index in [4.69, 9.17) is 4.74 Å². The highest BCUT2D eigenvalue weighted by molar-refractivity contribution is 8.00. The minimum absolute atomic E-state index is 0.297. The Labute approximate surface area is 91.0 Å². The molecule has 0 radical (unpaired) electrons. The number of benzene rings is 1. The molecule has 0 aromatic heterocycles. The number of carbonyl (C=O) groups is 2. The lowest BCUT2D eigenvalue weighted by atomic mass is 10.3. The molecule has 1 amide bonds. The number of amides is 1. The number of para-hydroxylation sites is 1. The van der Waals surface area contributed by atoms with Gasteiger partial charge in [0.05, 0.1) is 5.69 Å². The van der Waals surface area contributed by atoms with Crippen LogP contribution in [0.15, 0.2) is 29.2 Å². The molecule has 0 fully saturated rings. The first-order valence-electron chi connectivity index (χ1n) is 4.40. The van der Waals surface area contributed by atoms with Gasteiger partial charge in [-0.1, -0.05) is 23.9 Å². The van der Waals surface area contributed by atoms with Crippen LogP contribution in [0.3, 0.4) is 0 Å². The number of hydrogen-bond donors (Lipinski definition) is 1. The fourth-order valence-corrected chi connectivity index (χ4v) is 2.24. The van der Waals surface area contributed by atoms with Crippen molar-refractivity contribution in [2.24, 2.45) is 0 Å². The van der Waals surface area contributed by atoms with Gasteiger partial charge in [0.25, 0.3) is 5.91 Å². The fourth-order valence-electron chi connectivity index (χ4n) is 1.26. The average molecular weight is 223 g/mol. The summed E-state index contributed by atoms with van der Waals surface area (Å²) in [5.41, 5.74) is -0.0201.